The molecule has 0 spiro atoms. The van der Waals surface area contributed by atoms with Gasteiger partial charge in [0.2, 0.25) is 11.8 Å². The number of anilines is 1. The van der Waals surface area contributed by atoms with Crippen molar-refractivity contribution in [1.82, 2.24) is 15.1 Å². The molecule has 0 radical (unpaired) electrons. The average molecular weight is 561 g/mol. The quantitative estimate of drug-likeness (QED) is 0.558. The number of piperazine rings is 1. The highest BCUT2D eigenvalue weighted by Crippen LogP contribution is 2.34. The van der Waals surface area contributed by atoms with E-state index in [0.717, 1.165) is 43.8 Å². The van der Waals surface area contributed by atoms with Gasteiger partial charge in [0, 0.05) is 50.6 Å². The minimum atomic E-state index is -0.819. The number of para-hydroxylation sites is 2. The van der Waals surface area contributed by atoms with Gasteiger partial charge in [-0.3, -0.25) is 19.4 Å². The third kappa shape index (κ3) is 5.62. The van der Waals surface area contributed by atoms with Gasteiger partial charge in [-0.2, -0.15) is 0 Å². The van der Waals surface area contributed by atoms with Gasteiger partial charge in [-0.05, 0) is 37.1 Å². The normalized spacial score (nSPS) is 22.0. The molecule has 0 saturated carbocycles. The maximum Gasteiger partial charge on any atom is 0.259 e. The molecule has 0 unspecified atom stereocenters. The number of hydrogen-bond donors (Lipinski definition) is 1. The van der Waals surface area contributed by atoms with Crippen LogP contribution in [0.3, 0.4) is 0 Å². The molecular formula is C29H32N6O4S. The molecule has 2 fully saturated rings. The molecule has 0 bridgehead atoms. The highest BCUT2D eigenvalue weighted by atomic mass is 32.2. The number of ether oxygens (including phenoxy) is 1. The summed E-state index contributed by atoms with van der Waals surface area (Å²) in [5.41, 5.74) is 2.58. The maximum atomic E-state index is 13.6. The first kappa shape index (κ1) is 26.5. The van der Waals surface area contributed by atoms with Gasteiger partial charge < -0.3 is 19.9 Å². The van der Waals surface area contributed by atoms with Crippen molar-refractivity contribution in [2.75, 3.05) is 50.0 Å². The minimum absolute atomic E-state index is 0.00611. The summed E-state index contributed by atoms with van der Waals surface area (Å²) in [5, 5.41) is 3.32. The van der Waals surface area contributed by atoms with Gasteiger partial charge in [0.25, 0.3) is 5.91 Å². The summed E-state index contributed by atoms with van der Waals surface area (Å²) in [5.74, 6) is 0.0909. The third-order valence-corrected chi connectivity index (χ3v) is 8.49. The molecule has 2 aromatic rings. The van der Waals surface area contributed by atoms with E-state index in [4.69, 9.17) is 9.73 Å². The van der Waals surface area contributed by atoms with Crippen LogP contribution in [0.2, 0.25) is 0 Å². The highest BCUT2D eigenvalue weighted by molar-refractivity contribution is 8.14. The molecular weight excluding hydrogens is 528 g/mol. The number of amides is 3. The van der Waals surface area contributed by atoms with E-state index >= 15 is 0 Å². The predicted octanol–water partition coefficient (Wildman–Crippen LogP) is 2.41. The summed E-state index contributed by atoms with van der Waals surface area (Å²) in [6.45, 7) is 3.89. The largest absolute Gasteiger partial charge is 0.376 e. The van der Waals surface area contributed by atoms with Crippen molar-refractivity contribution in [3.63, 3.8) is 0 Å². The lowest BCUT2D eigenvalue weighted by molar-refractivity contribution is -0.135. The number of thioether (sulfide) groups is 1. The number of rotatable bonds is 7. The lowest BCUT2D eigenvalue weighted by atomic mass is 10.1. The van der Waals surface area contributed by atoms with E-state index in [1.807, 2.05) is 47.4 Å². The van der Waals surface area contributed by atoms with Gasteiger partial charge in [0.05, 0.1) is 24.0 Å². The molecule has 2 saturated heterocycles. The first-order valence-corrected chi connectivity index (χ1v) is 14.7. The monoisotopic (exact) mass is 560 g/mol. The molecule has 1 N–H and O–H groups in total. The van der Waals surface area contributed by atoms with Crippen LogP contribution in [0.25, 0.3) is 0 Å². The SMILES string of the molecule is O=C(CSC1=Nc2ccccc2C2=N[C@H](CC(=O)N3CCN(c4ccccc4)CC3)C(=O)N12)NC[C@@H]1CCCO1. The molecule has 2 aromatic carbocycles. The van der Waals surface area contributed by atoms with E-state index in [-0.39, 0.29) is 36.0 Å². The van der Waals surface area contributed by atoms with Crippen molar-refractivity contribution >= 4 is 51.9 Å². The molecule has 4 aliphatic heterocycles. The van der Waals surface area contributed by atoms with Crippen molar-refractivity contribution in [2.24, 2.45) is 9.98 Å². The van der Waals surface area contributed by atoms with E-state index < -0.39 is 6.04 Å². The van der Waals surface area contributed by atoms with Gasteiger partial charge in [-0.1, -0.05) is 42.1 Å². The van der Waals surface area contributed by atoms with E-state index in [9.17, 15) is 14.4 Å². The molecule has 2 atom stereocenters. The first-order chi connectivity index (χ1) is 19.6. The number of carbonyl (C=O) groups excluding carboxylic acids is 3. The number of fused-ring (bicyclic) bond motifs is 3. The molecule has 4 aliphatic rings. The fourth-order valence-electron chi connectivity index (χ4n) is 5.39. The fraction of sp³-hybridized carbons (Fsp3) is 0.414. The Labute approximate surface area is 237 Å². The van der Waals surface area contributed by atoms with E-state index in [1.54, 1.807) is 0 Å². The number of aliphatic imine (C=N–C) groups is 2. The molecule has 3 amide bonds. The molecule has 208 valence electrons. The molecule has 40 heavy (non-hydrogen) atoms. The van der Waals surface area contributed by atoms with Gasteiger partial charge in [-0.15, -0.1) is 0 Å². The van der Waals surface area contributed by atoms with Crippen molar-refractivity contribution in [1.29, 1.82) is 0 Å². The zero-order valence-corrected chi connectivity index (χ0v) is 23.0. The van der Waals surface area contributed by atoms with Crippen LogP contribution in [0.4, 0.5) is 11.4 Å². The van der Waals surface area contributed by atoms with E-state index in [0.29, 0.717) is 36.3 Å². The first-order valence-electron chi connectivity index (χ1n) is 13.8. The van der Waals surface area contributed by atoms with Crippen molar-refractivity contribution < 1.29 is 19.1 Å². The second kappa shape index (κ2) is 11.8. The van der Waals surface area contributed by atoms with E-state index in [1.165, 1.54) is 16.7 Å². The molecule has 0 aliphatic carbocycles. The Morgan fingerprint density at radius 2 is 1.80 bits per heavy atom. The zero-order valence-electron chi connectivity index (χ0n) is 22.2. The van der Waals surface area contributed by atoms with Gasteiger partial charge in [-0.25, -0.2) is 9.89 Å². The van der Waals surface area contributed by atoms with E-state index in [2.05, 4.69) is 27.3 Å². The van der Waals surface area contributed by atoms with Crippen LogP contribution >= 0.6 is 11.8 Å². The Bertz CT molecular complexity index is 1340. The second-order valence-electron chi connectivity index (χ2n) is 10.2. The highest BCUT2D eigenvalue weighted by Gasteiger charge is 2.42. The second-order valence-corrected chi connectivity index (χ2v) is 11.1. The fourth-order valence-corrected chi connectivity index (χ4v) is 6.22. The lowest BCUT2D eigenvalue weighted by Gasteiger charge is -2.36. The van der Waals surface area contributed by atoms with Crippen LogP contribution in [-0.2, 0) is 19.1 Å². The molecule has 6 rings (SSSR count). The lowest BCUT2D eigenvalue weighted by Crippen LogP contribution is -2.50. The summed E-state index contributed by atoms with van der Waals surface area (Å²) in [7, 11) is 0. The van der Waals surface area contributed by atoms with Crippen LogP contribution < -0.4 is 10.2 Å². The van der Waals surface area contributed by atoms with Crippen LogP contribution in [0.5, 0.6) is 0 Å². The number of nitrogens with zero attached hydrogens (tertiary/aromatic N) is 5. The topological polar surface area (TPSA) is 107 Å². The zero-order chi connectivity index (χ0) is 27.5. The molecule has 10 nitrogen and oxygen atoms in total. The standard InChI is InChI=1S/C29H32N6O4S/c36-25(30-18-21-9-6-16-39-21)19-40-29-32-23-11-5-4-10-22(23)27-31-24(28(38)35(27)29)17-26(37)34-14-12-33(13-15-34)20-7-2-1-3-8-20/h1-5,7-8,10-11,21,24H,6,9,12-19H2,(H,30,36)/t21-,24+/m0/s1. The smallest absolute Gasteiger partial charge is 0.259 e. The Hall–Kier alpha value is -3.70. The van der Waals surface area contributed by atoms with Crippen LogP contribution in [0, 0.1) is 0 Å². The number of amidine groups is 2. The summed E-state index contributed by atoms with van der Waals surface area (Å²) in [6.07, 6.45) is 2.03. The third-order valence-electron chi connectivity index (χ3n) is 7.55. The Kier molecular flexibility index (Phi) is 7.83. The number of nitrogens with one attached hydrogen (secondary N) is 1. The minimum Gasteiger partial charge on any atom is -0.376 e. The molecule has 4 heterocycles. The van der Waals surface area contributed by atoms with Crippen molar-refractivity contribution in [3.8, 4) is 0 Å². The molecule has 0 aromatic heterocycles. The average Bonchev–Trinajstić information content (AvgIpc) is 3.63. The van der Waals surface area contributed by atoms with Gasteiger partial charge in [0.1, 0.15) is 11.9 Å². The van der Waals surface area contributed by atoms with Crippen molar-refractivity contribution in [3.05, 3.63) is 60.2 Å². The van der Waals surface area contributed by atoms with Crippen LogP contribution in [0.15, 0.2) is 64.6 Å². The van der Waals surface area contributed by atoms with Crippen molar-refractivity contribution in [2.45, 2.75) is 31.4 Å². The number of carbonyl (C=O) groups is 3. The summed E-state index contributed by atoms with van der Waals surface area (Å²) >= 11 is 1.20. The van der Waals surface area contributed by atoms with Crippen LogP contribution in [0.1, 0.15) is 24.8 Å². The summed E-state index contributed by atoms with van der Waals surface area (Å²) in [4.78, 5) is 54.3. The Balaban J connectivity index is 1.10. The summed E-state index contributed by atoms with van der Waals surface area (Å²) in [6, 6.07) is 16.8. The molecule has 11 heteroatoms. The van der Waals surface area contributed by atoms with Gasteiger partial charge in [0.15, 0.2) is 5.17 Å². The number of hydrogen-bond acceptors (Lipinski definition) is 8. The Morgan fingerprint density at radius 3 is 2.58 bits per heavy atom. The maximum absolute atomic E-state index is 13.6. The van der Waals surface area contributed by atoms with Crippen LogP contribution in [-0.4, -0.2) is 95.8 Å². The van der Waals surface area contributed by atoms with Gasteiger partial charge >= 0.3 is 0 Å². The predicted molar refractivity (Wildman–Crippen MR) is 155 cm³/mol. The summed E-state index contributed by atoms with van der Waals surface area (Å²) < 4.78 is 5.57. The number of benzene rings is 2. The Morgan fingerprint density at radius 1 is 1.02 bits per heavy atom.